The van der Waals surface area contributed by atoms with Crippen LogP contribution >= 0.6 is 22.7 Å². The Kier molecular flexibility index (Phi) is 2.33. The number of hydrogen-bond donors (Lipinski definition) is 0. The highest BCUT2D eigenvalue weighted by atomic mass is 32.1. The van der Waals surface area contributed by atoms with Crippen LogP contribution in [0.1, 0.15) is 0 Å². The van der Waals surface area contributed by atoms with Gasteiger partial charge in [0.15, 0.2) is 0 Å². The highest BCUT2D eigenvalue weighted by Gasteiger charge is 2.12. The lowest BCUT2D eigenvalue weighted by atomic mass is 10.1. The van der Waals surface area contributed by atoms with Gasteiger partial charge < -0.3 is 4.74 Å². The Morgan fingerprint density at radius 1 is 1.26 bits per heavy atom. The van der Waals surface area contributed by atoms with Gasteiger partial charge in [0.25, 0.3) is 5.19 Å². The van der Waals surface area contributed by atoms with Crippen molar-refractivity contribution in [3.63, 3.8) is 0 Å². The molecule has 0 atom stereocenters. The minimum absolute atomic E-state index is 0.629. The lowest BCUT2D eigenvalue weighted by Gasteiger charge is -1.93. The minimum Gasteiger partial charge on any atom is -0.472 e. The second-order valence-corrected chi connectivity index (χ2v) is 5.90. The van der Waals surface area contributed by atoms with Crippen LogP contribution in [0.5, 0.6) is 5.19 Å². The van der Waals surface area contributed by atoms with Gasteiger partial charge in [-0.2, -0.15) is 0 Å². The Bertz CT molecular complexity index is 843. The first kappa shape index (κ1) is 11.0. The molecule has 0 aliphatic rings. The zero-order chi connectivity index (χ0) is 12.8. The Labute approximate surface area is 116 Å². The Morgan fingerprint density at radius 3 is 3.00 bits per heavy atom. The first-order valence-corrected chi connectivity index (χ1v) is 7.41. The Morgan fingerprint density at radius 2 is 2.16 bits per heavy atom. The number of fused-ring (bicyclic) bond motifs is 2. The quantitative estimate of drug-likeness (QED) is 0.564. The minimum atomic E-state index is 0.629. The van der Waals surface area contributed by atoms with Crippen LogP contribution in [-0.4, -0.2) is 21.7 Å². The monoisotopic (exact) mass is 287 g/mol. The van der Waals surface area contributed by atoms with E-state index < -0.39 is 0 Å². The zero-order valence-corrected chi connectivity index (χ0v) is 11.7. The van der Waals surface area contributed by atoms with E-state index in [0.29, 0.717) is 5.19 Å². The average Bonchev–Trinajstić information content (AvgIpc) is 3.09. The van der Waals surface area contributed by atoms with Gasteiger partial charge in [-0.15, -0.1) is 16.4 Å². The van der Waals surface area contributed by atoms with Crippen LogP contribution in [0.3, 0.4) is 0 Å². The van der Waals surface area contributed by atoms with E-state index >= 15 is 0 Å². The second-order valence-electron chi connectivity index (χ2n) is 4.07. The average molecular weight is 287 g/mol. The topological polar surface area (TPSA) is 39.4 Å². The predicted molar refractivity (Wildman–Crippen MR) is 78.2 cm³/mol. The molecule has 0 aliphatic carbocycles. The first-order chi connectivity index (χ1) is 9.35. The van der Waals surface area contributed by atoms with E-state index in [4.69, 9.17) is 4.74 Å². The molecule has 0 amide bonds. The van der Waals surface area contributed by atoms with E-state index in [1.54, 1.807) is 23.0 Å². The summed E-state index contributed by atoms with van der Waals surface area (Å²) >= 11 is 3.18. The maximum absolute atomic E-state index is 5.11. The van der Waals surface area contributed by atoms with Crippen molar-refractivity contribution in [2.45, 2.75) is 0 Å². The summed E-state index contributed by atoms with van der Waals surface area (Å²) in [6.07, 6.45) is 1.95. The summed E-state index contributed by atoms with van der Waals surface area (Å²) in [6, 6.07) is 8.37. The van der Waals surface area contributed by atoms with Crippen molar-refractivity contribution < 1.29 is 4.74 Å². The van der Waals surface area contributed by atoms with E-state index in [9.17, 15) is 0 Å². The molecule has 3 aromatic heterocycles. The van der Waals surface area contributed by atoms with Gasteiger partial charge in [0, 0.05) is 21.0 Å². The molecule has 0 bridgehead atoms. The van der Waals surface area contributed by atoms with Crippen LogP contribution in [0.15, 0.2) is 35.8 Å². The fourth-order valence-electron chi connectivity index (χ4n) is 2.07. The number of ether oxygens (including phenoxy) is 1. The van der Waals surface area contributed by atoms with Crippen molar-refractivity contribution in [1.82, 2.24) is 14.6 Å². The zero-order valence-electron chi connectivity index (χ0n) is 10.0. The molecule has 0 fully saturated rings. The number of nitrogens with zero attached hydrogens (tertiary/aromatic N) is 3. The number of rotatable bonds is 2. The molecule has 0 saturated carbocycles. The molecule has 94 valence electrons. The summed E-state index contributed by atoms with van der Waals surface area (Å²) in [6.45, 7) is 0. The summed E-state index contributed by atoms with van der Waals surface area (Å²) in [5.41, 5.74) is 2.12. The lowest BCUT2D eigenvalue weighted by molar-refractivity contribution is 0.405. The molecule has 0 N–H and O–H groups in total. The SMILES string of the molecule is COc1nn2cc(-c3csc4ccccc34)nc2s1. The van der Waals surface area contributed by atoms with Gasteiger partial charge in [-0.05, 0) is 17.4 Å². The summed E-state index contributed by atoms with van der Waals surface area (Å²) in [7, 11) is 1.62. The highest BCUT2D eigenvalue weighted by Crippen LogP contribution is 2.34. The maximum Gasteiger partial charge on any atom is 0.294 e. The molecular weight excluding hydrogens is 278 g/mol. The molecule has 0 radical (unpaired) electrons. The second kappa shape index (κ2) is 4.04. The highest BCUT2D eigenvalue weighted by molar-refractivity contribution is 7.18. The van der Waals surface area contributed by atoms with Crippen LogP contribution in [0.25, 0.3) is 26.3 Å². The van der Waals surface area contributed by atoms with Crippen LogP contribution in [-0.2, 0) is 0 Å². The maximum atomic E-state index is 5.11. The first-order valence-electron chi connectivity index (χ1n) is 5.72. The van der Waals surface area contributed by atoms with Crippen LogP contribution < -0.4 is 4.74 Å². The Balaban J connectivity index is 1.91. The third kappa shape index (κ3) is 1.64. The van der Waals surface area contributed by atoms with Gasteiger partial charge in [0.05, 0.1) is 19.0 Å². The summed E-state index contributed by atoms with van der Waals surface area (Å²) in [4.78, 5) is 5.47. The van der Waals surface area contributed by atoms with E-state index in [0.717, 1.165) is 16.2 Å². The van der Waals surface area contributed by atoms with Crippen LogP contribution in [0.4, 0.5) is 0 Å². The third-order valence-corrected chi connectivity index (χ3v) is 4.80. The van der Waals surface area contributed by atoms with Crippen LogP contribution in [0, 0.1) is 0 Å². The molecule has 1 aromatic carbocycles. The molecule has 0 spiro atoms. The summed E-state index contributed by atoms with van der Waals surface area (Å²) in [5.74, 6) is 0. The molecule has 4 rings (SSSR count). The van der Waals surface area contributed by atoms with Gasteiger partial charge in [-0.1, -0.05) is 18.2 Å². The number of benzene rings is 1. The van der Waals surface area contributed by atoms with Crippen molar-refractivity contribution in [3.8, 4) is 16.5 Å². The van der Waals surface area contributed by atoms with Crippen molar-refractivity contribution in [2.75, 3.05) is 7.11 Å². The number of thiophene rings is 1. The van der Waals surface area contributed by atoms with Crippen LogP contribution in [0.2, 0.25) is 0 Å². The molecule has 0 aliphatic heterocycles. The Hall–Kier alpha value is -1.92. The third-order valence-electron chi connectivity index (χ3n) is 2.96. The van der Waals surface area contributed by atoms with Gasteiger partial charge >= 0.3 is 0 Å². The number of aromatic nitrogens is 3. The van der Waals surface area contributed by atoms with Gasteiger partial charge in [0.1, 0.15) is 0 Å². The van der Waals surface area contributed by atoms with E-state index in [2.05, 4.69) is 39.7 Å². The van der Waals surface area contributed by atoms with Gasteiger partial charge in [0.2, 0.25) is 4.96 Å². The van der Waals surface area contributed by atoms with Crippen molar-refractivity contribution in [2.24, 2.45) is 0 Å². The molecule has 19 heavy (non-hydrogen) atoms. The van der Waals surface area contributed by atoms with Gasteiger partial charge in [-0.25, -0.2) is 9.50 Å². The van der Waals surface area contributed by atoms with Crippen molar-refractivity contribution in [1.29, 1.82) is 0 Å². The normalized spacial score (nSPS) is 11.4. The van der Waals surface area contributed by atoms with E-state index in [-0.39, 0.29) is 0 Å². The molecule has 0 saturated heterocycles. The molecule has 4 nitrogen and oxygen atoms in total. The van der Waals surface area contributed by atoms with Crippen molar-refractivity contribution in [3.05, 3.63) is 35.8 Å². The fourth-order valence-corrected chi connectivity index (χ4v) is 3.72. The van der Waals surface area contributed by atoms with Crippen molar-refractivity contribution >= 4 is 37.7 Å². The summed E-state index contributed by atoms with van der Waals surface area (Å²) in [5, 5.41) is 8.31. The number of hydrogen-bond acceptors (Lipinski definition) is 5. The number of imidazole rings is 1. The molecule has 0 unspecified atom stereocenters. The molecule has 3 heterocycles. The molecular formula is C13H9N3OS2. The standard InChI is InChI=1S/C13H9N3OS2/c1-17-13-15-16-6-10(14-12(16)19-13)9-7-18-11-5-3-2-4-8(9)11/h2-7H,1H3. The number of methoxy groups -OCH3 is 1. The summed E-state index contributed by atoms with van der Waals surface area (Å²) < 4.78 is 8.15. The molecule has 4 aromatic rings. The lowest BCUT2D eigenvalue weighted by Crippen LogP contribution is -1.84. The largest absolute Gasteiger partial charge is 0.472 e. The molecule has 6 heteroatoms. The predicted octanol–water partition coefficient (Wildman–Crippen LogP) is 3.68. The van der Waals surface area contributed by atoms with E-state index in [1.165, 1.54) is 21.4 Å². The van der Waals surface area contributed by atoms with E-state index in [1.807, 2.05) is 6.20 Å². The van der Waals surface area contributed by atoms with Gasteiger partial charge in [-0.3, -0.25) is 0 Å². The fraction of sp³-hybridized carbons (Fsp3) is 0.0769. The smallest absolute Gasteiger partial charge is 0.294 e.